The van der Waals surface area contributed by atoms with Crippen LogP contribution in [0.4, 0.5) is 11.6 Å². The van der Waals surface area contributed by atoms with Crippen molar-refractivity contribution in [2.45, 2.75) is 13.5 Å². The lowest BCUT2D eigenvalue weighted by atomic mass is 10.3. The Kier molecular flexibility index (Phi) is 5.87. The maximum Gasteiger partial charge on any atom is 0.490 e. The van der Waals surface area contributed by atoms with Crippen LogP contribution in [0.3, 0.4) is 0 Å². The van der Waals surface area contributed by atoms with Crippen LogP contribution in [0, 0.1) is 20.2 Å². The number of hydrogen-bond donors (Lipinski definition) is 1. The van der Waals surface area contributed by atoms with Gasteiger partial charge in [0.15, 0.2) is 12.4 Å². The molecule has 0 bridgehead atoms. The van der Waals surface area contributed by atoms with E-state index in [2.05, 4.69) is 20.6 Å². The van der Waals surface area contributed by atoms with E-state index >= 15 is 0 Å². The quantitative estimate of drug-likeness (QED) is 0.405. The van der Waals surface area contributed by atoms with Gasteiger partial charge in [-0.15, -0.1) is 0 Å². The number of nitro benzene ring substituents is 1. The molecule has 2 rings (SSSR count). The number of nitrogens with zero attached hydrogens (tertiary/aromatic N) is 6. The lowest BCUT2D eigenvalue weighted by molar-refractivity contribution is -0.394. The number of carbonyl (C=O) groups excluding carboxylic acids is 1. The van der Waals surface area contributed by atoms with Gasteiger partial charge in [-0.3, -0.25) is 14.9 Å². The van der Waals surface area contributed by atoms with Crippen LogP contribution in [0.2, 0.25) is 0 Å². The monoisotopic (exact) mass is 363 g/mol. The summed E-state index contributed by atoms with van der Waals surface area (Å²) < 4.78 is 6.30. The van der Waals surface area contributed by atoms with Gasteiger partial charge in [0.05, 0.1) is 17.2 Å². The minimum Gasteiger partial charge on any atom is -0.477 e. The predicted octanol–water partition coefficient (Wildman–Crippen LogP) is 0.666. The maximum absolute atomic E-state index is 11.7. The number of benzene rings is 1. The molecule has 26 heavy (non-hydrogen) atoms. The Morgan fingerprint density at radius 1 is 1.31 bits per heavy atom. The summed E-state index contributed by atoms with van der Waals surface area (Å²) in [4.78, 5) is 35.2. The number of amides is 1. The molecule has 0 radical (unpaired) electrons. The summed E-state index contributed by atoms with van der Waals surface area (Å²) in [5.74, 6) is -1.21. The number of carbonyl (C=O) groups is 1. The van der Waals surface area contributed by atoms with Crippen molar-refractivity contribution in [1.82, 2.24) is 20.2 Å². The van der Waals surface area contributed by atoms with Crippen LogP contribution in [-0.4, -0.2) is 42.8 Å². The molecule has 1 aromatic heterocycles. The number of ether oxygens (including phenoxy) is 1. The Labute approximate surface area is 145 Å². The highest BCUT2D eigenvalue weighted by atomic mass is 16.6. The zero-order valence-electron chi connectivity index (χ0n) is 13.4. The summed E-state index contributed by atoms with van der Waals surface area (Å²) in [5.41, 5.74) is 2.35. The van der Waals surface area contributed by atoms with Gasteiger partial charge in [0, 0.05) is 11.2 Å². The third-order valence-corrected chi connectivity index (χ3v) is 2.87. The van der Waals surface area contributed by atoms with Gasteiger partial charge in [-0.1, -0.05) is 17.1 Å². The highest BCUT2D eigenvalue weighted by Crippen LogP contribution is 2.25. The van der Waals surface area contributed by atoms with Gasteiger partial charge in [0.1, 0.15) is 0 Å². The van der Waals surface area contributed by atoms with E-state index in [1.807, 2.05) is 0 Å². The Morgan fingerprint density at radius 2 is 2.04 bits per heavy atom. The summed E-state index contributed by atoms with van der Waals surface area (Å²) in [5, 5.41) is 28.7. The summed E-state index contributed by atoms with van der Waals surface area (Å²) in [6.07, 6.45) is 1.16. The molecule has 13 nitrogen and oxygen atoms in total. The van der Waals surface area contributed by atoms with Crippen LogP contribution in [0.1, 0.15) is 6.92 Å². The lowest BCUT2D eigenvalue weighted by Crippen LogP contribution is -2.26. The zero-order chi connectivity index (χ0) is 19.1. The summed E-state index contributed by atoms with van der Waals surface area (Å²) in [7, 11) is 0. The van der Waals surface area contributed by atoms with Crippen LogP contribution in [0.25, 0.3) is 0 Å². The van der Waals surface area contributed by atoms with E-state index in [1.165, 1.54) is 22.9 Å². The highest BCUT2D eigenvalue weighted by Gasteiger charge is 2.15. The Bertz CT molecular complexity index is 862. The van der Waals surface area contributed by atoms with E-state index in [1.54, 1.807) is 13.0 Å². The summed E-state index contributed by atoms with van der Waals surface area (Å²) in [6.45, 7) is 1.17. The third kappa shape index (κ3) is 5.05. The number of aromatic nitrogens is 3. The average molecular weight is 363 g/mol. The fourth-order valence-electron chi connectivity index (χ4n) is 1.78. The van der Waals surface area contributed by atoms with Gasteiger partial charge in [0.25, 0.3) is 5.91 Å². The van der Waals surface area contributed by atoms with Crippen LogP contribution in [0.5, 0.6) is 5.75 Å². The van der Waals surface area contributed by atoms with Crippen LogP contribution in [0.15, 0.2) is 35.7 Å². The molecule has 1 N–H and O–H groups in total. The number of rotatable bonds is 8. The molecule has 0 aliphatic carbocycles. The second-order valence-corrected chi connectivity index (χ2v) is 4.89. The molecular formula is C13H13N7O6. The number of para-hydroxylation sites is 2. The first-order valence-electron chi connectivity index (χ1n) is 7.09. The molecule has 0 aliphatic heterocycles. The van der Waals surface area contributed by atoms with E-state index in [-0.39, 0.29) is 18.0 Å². The van der Waals surface area contributed by atoms with E-state index in [0.717, 1.165) is 6.33 Å². The molecule has 1 heterocycles. The van der Waals surface area contributed by atoms with Crippen LogP contribution in [-0.2, 0) is 11.3 Å². The van der Waals surface area contributed by atoms with Gasteiger partial charge in [-0.2, -0.15) is 9.78 Å². The maximum atomic E-state index is 11.7. The first-order chi connectivity index (χ1) is 12.4. The van der Waals surface area contributed by atoms with Crippen molar-refractivity contribution in [2.75, 3.05) is 6.61 Å². The van der Waals surface area contributed by atoms with E-state index < -0.39 is 28.3 Å². The fourth-order valence-corrected chi connectivity index (χ4v) is 1.78. The molecular weight excluding hydrogens is 350 g/mol. The summed E-state index contributed by atoms with van der Waals surface area (Å²) in [6, 6.07) is 5.65. The second-order valence-electron chi connectivity index (χ2n) is 4.89. The Hall–Kier alpha value is -3.90. The Balaban J connectivity index is 1.86. The van der Waals surface area contributed by atoms with E-state index in [0.29, 0.717) is 5.71 Å². The van der Waals surface area contributed by atoms with Crippen molar-refractivity contribution in [1.29, 1.82) is 0 Å². The number of hydrogen-bond acceptors (Lipinski definition) is 9. The third-order valence-electron chi connectivity index (χ3n) is 2.87. The molecule has 0 spiro atoms. The molecule has 0 unspecified atom stereocenters. The SMILES string of the molecule is C/C(Cn1cnc([N+](=O)[O-])n1)=N\NC(=O)COc1ccccc1[N+](=O)[O-]. The molecule has 1 amide bonds. The van der Waals surface area contributed by atoms with Crippen LogP contribution < -0.4 is 10.2 Å². The molecule has 0 fully saturated rings. The first kappa shape index (κ1) is 18.4. The smallest absolute Gasteiger partial charge is 0.477 e. The van der Waals surface area contributed by atoms with Crippen molar-refractivity contribution < 1.29 is 19.4 Å². The van der Waals surface area contributed by atoms with E-state index in [4.69, 9.17) is 4.74 Å². The molecule has 0 aliphatic rings. The fraction of sp³-hybridized carbons (Fsp3) is 0.231. The van der Waals surface area contributed by atoms with Gasteiger partial charge < -0.3 is 14.9 Å². The lowest BCUT2D eigenvalue weighted by Gasteiger charge is -2.05. The molecule has 136 valence electrons. The van der Waals surface area contributed by atoms with Gasteiger partial charge in [-0.25, -0.2) is 5.43 Å². The normalized spacial score (nSPS) is 11.0. The number of nitro groups is 2. The standard InChI is InChI=1S/C13H13N7O6/c1-9(6-18-8-14-13(17-18)20(24)25)15-16-12(21)7-26-11-5-3-2-4-10(11)19(22)23/h2-5,8H,6-7H2,1H3,(H,16,21)/b15-9+. The second kappa shape index (κ2) is 8.27. The molecule has 0 atom stereocenters. The summed E-state index contributed by atoms with van der Waals surface area (Å²) >= 11 is 0. The van der Waals surface area contributed by atoms with Crippen molar-refractivity contribution in [2.24, 2.45) is 5.10 Å². The molecule has 0 saturated heterocycles. The molecule has 1 aromatic carbocycles. The number of nitrogens with one attached hydrogen (secondary N) is 1. The topological polar surface area (TPSA) is 168 Å². The molecule has 13 heteroatoms. The average Bonchev–Trinajstić information content (AvgIpc) is 3.07. The van der Waals surface area contributed by atoms with Crippen molar-refractivity contribution >= 4 is 23.3 Å². The van der Waals surface area contributed by atoms with E-state index in [9.17, 15) is 25.0 Å². The predicted molar refractivity (Wildman–Crippen MR) is 86.5 cm³/mol. The largest absolute Gasteiger partial charge is 0.490 e. The van der Waals surface area contributed by atoms with Crippen LogP contribution >= 0.6 is 0 Å². The Morgan fingerprint density at radius 3 is 2.69 bits per heavy atom. The first-order valence-corrected chi connectivity index (χ1v) is 7.09. The zero-order valence-corrected chi connectivity index (χ0v) is 13.4. The van der Waals surface area contributed by atoms with Gasteiger partial charge in [0.2, 0.25) is 6.33 Å². The van der Waals surface area contributed by atoms with Gasteiger partial charge >= 0.3 is 11.6 Å². The molecule has 0 saturated carbocycles. The van der Waals surface area contributed by atoms with Crippen molar-refractivity contribution in [3.63, 3.8) is 0 Å². The minimum atomic E-state index is -0.731. The van der Waals surface area contributed by atoms with Crippen molar-refractivity contribution in [3.05, 3.63) is 50.8 Å². The van der Waals surface area contributed by atoms with Gasteiger partial charge in [-0.05, 0) is 17.9 Å². The minimum absolute atomic E-state index is 0.0386. The van der Waals surface area contributed by atoms with Crippen molar-refractivity contribution in [3.8, 4) is 5.75 Å². The molecule has 2 aromatic rings. The highest BCUT2D eigenvalue weighted by molar-refractivity contribution is 5.84. The number of hydrazone groups is 1.